The molecule has 4 atom stereocenters. The maximum absolute atomic E-state index is 13.2. The van der Waals surface area contributed by atoms with E-state index in [-0.39, 0.29) is 0 Å². The summed E-state index contributed by atoms with van der Waals surface area (Å²) in [7, 11) is -5.85. The van der Waals surface area contributed by atoms with Crippen molar-refractivity contribution in [3.8, 4) is 0 Å². The molecule has 17 heteroatoms. The molecule has 0 radical (unpaired) electrons. The van der Waals surface area contributed by atoms with Gasteiger partial charge >= 0.3 is 368 Å². The maximum atomic E-state index is 13.2. The van der Waals surface area contributed by atoms with Gasteiger partial charge in [-0.1, -0.05) is 0 Å². The SMILES string of the molecule is CC(C)(C)C(O[PH](O)(O)[Ni]([PH](O)(O)OC(c1ccccc1)C(C)(C)C)([PH](O)(O)OC(c1ccccc1)C(C)(C)C)[PH](O)(O)OC(c1ccccc1)C(C)(C)C)c1ccccc1. The van der Waals surface area contributed by atoms with Gasteiger partial charge in [0.15, 0.2) is 0 Å². The van der Waals surface area contributed by atoms with Crippen LogP contribution in [0.4, 0.5) is 0 Å². The second kappa shape index (κ2) is 19.2. The average molecular weight is 976 g/mol. The Kier molecular flexibility index (Phi) is 16.5. The minimum atomic E-state index is -6.52. The van der Waals surface area contributed by atoms with Crippen LogP contribution >= 0.6 is 26.9 Å². The summed E-state index contributed by atoms with van der Waals surface area (Å²) < 4.78 is 25.7. The first-order valence-electron chi connectivity index (χ1n) is 20.1. The van der Waals surface area contributed by atoms with Crippen molar-refractivity contribution in [1.82, 2.24) is 0 Å². The van der Waals surface area contributed by atoms with Gasteiger partial charge in [0.25, 0.3) is 0 Å². The molecule has 0 aliphatic carbocycles. The third-order valence-electron chi connectivity index (χ3n) is 9.83. The Bertz CT molecular complexity index is 1690. The summed E-state index contributed by atoms with van der Waals surface area (Å²) in [5, 5.41) is 0. The quantitative estimate of drug-likeness (QED) is 0.0391. The van der Waals surface area contributed by atoms with Crippen molar-refractivity contribution < 1.29 is 67.9 Å². The van der Waals surface area contributed by atoms with Crippen molar-refractivity contribution in [2.24, 2.45) is 21.7 Å². The van der Waals surface area contributed by atoms with E-state index in [2.05, 4.69) is 0 Å². The van der Waals surface area contributed by atoms with Crippen LogP contribution in [0.15, 0.2) is 121 Å². The van der Waals surface area contributed by atoms with Crippen molar-refractivity contribution in [3.05, 3.63) is 144 Å². The minimum absolute atomic E-state index is 0.410. The van der Waals surface area contributed by atoms with E-state index in [1.807, 2.05) is 0 Å². The third kappa shape index (κ3) is 11.7. The van der Waals surface area contributed by atoms with Gasteiger partial charge < -0.3 is 0 Å². The molecule has 0 aliphatic heterocycles. The molecular weight excluding hydrogens is 903 g/mol. The monoisotopic (exact) mass is 974 g/mol. The van der Waals surface area contributed by atoms with Gasteiger partial charge in [0.05, 0.1) is 0 Å². The van der Waals surface area contributed by atoms with Crippen LogP contribution in [-0.2, 0) is 28.8 Å². The van der Waals surface area contributed by atoms with E-state index < -0.39 is 83.6 Å². The molecule has 0 fully saturated rings. The molecule has 0 bridgehead atoms. The van der Waals surface area contributed by atoms with Crippen molar-refractivity contribution >= 4 is 26.9 Å². The Morgan fingerprint density at radius 1 is 0.311 bits per heavy atom. The van der Waals surface area contributed by atoms with E-state index in [1.54, 1.807) is 204 Å². The predicted octanol–water partition coefficient (Wildman–Crippen LogP) is 10.9. The number of benzene rings is 4. The molecule has 12 nitrogen and oxygen atoms in total. The second-order valence-corrected chi connectivity index (χ2v) is 49.2. The van der Waals surface area contributed by atoms with Crippen molar-refractivity contribution in [2.75, 3.05) is 0 Å². The zero-order valence-electron chi connectivity index (χ0n) is 37.4. The first-order chi connectivity index (χ1) is 27.8. The van der Waals surface area contributed by atoms with Gasteiger partial charge in [-0.2, -0.15) is 0 Å². The van der Waals surface area contributed by atoms with Gasteiger partial charge in [0, 0.05) is 0 Å². The molecule has 0 amide bonds. The van der Waals surface area contributed by atoms with Gasteiger partial charge in [0.1, 0.15) is 0 Å². The van der Waals surface area contributed by atoms with E-state index in [4.69, 9.17) is 18.1 Å². The van der Waals surface area contributed by atoms with Crippen LogP contribution in [-0.4, -0.2) is 39.1 Å². The summed E-state index contributed by atoms with van der Waals surface area (Å²) in [6.07, 6.45) is -5.23. The second-order valence-electron chi connectivity index (χ2n) is 19.5. The van der Waals surface area contributed by atoms with Crippen LogP contribution in [0.25, 0.3) is 0 Å². The van der Waals surface area contributed by atoms with E-state index >= 15 is 0 Å². The number of rotatable bonds is 16. The van der Waals surface area contributed by atoms with Gasteiger partial charge in [-0.3, -0.25) is 0 Å². The molecule has 0 aliphatic rings. The Balaban J connectivity index is 2.22. The fourth-order valence-corrected chi connectivity index (χ4v) is 48.7. The van der Waals surface area contributed by atoms with Crippen molar-refractivity contribution in [1.29, 1.82) is 0 Å². The molecule has 4 aromatic rings. The van der Waals surface area contributed by atoms with Crippen molar-refractivity contribution in [2.45, 2.75) is 108 Å². The molecule has 8 N–H and O–H groups in total. The topological polar surface area (TPSA) is 199 Å². The summed E-state index contributed by atoms with van der Waals surface area (Å²) in [5.74, 6) is 0. The van der Waals surface area contributed by atoms with Crippen LogP contribution in [0.5, 0.6) is 0 Å². The number of hydrogen-bond donors (Lipinski definition) is 8. The van der Waals surface area contributed by atoms with E-state index in [1.165, 1.54) is 0 Å². The zero-order chi connectivity index (χ0) is 46.1. The molecule has 4 unspecified atom stereocenters. The van der Waals surface area contributed by atoms with Gasteiger partial charge in [-0.15, -0.1) is 0 Å². The molecule has 0 aromatic heterocycles. The van der Waals surface area contributed by atoms with Crippen LogP contribution < -0.4 is 0 Å². The standard InChI is InChI=1S/4C11H18O3P.Ni/c4*1-11(2,3)10(14-15(12)13)9-7-5-4-6-8-9;/h4*4-8,10,12-13,15H,1-3H3;/q4*+1;-4. The normalized spacial score (nSPS) is 18.6. The van der Waals surface area contributed by atoms with Crippen molar-refractivity contribution in [3.63, 3.8) is 0 Å². The molecule has 0 saturated carbocycles. The van der Waals surface area contributed by atoms with Gasteiger partial charge in [-0.25, -0.2) is 0 Å². The fraction of sp³-hybridized carbons (Fsp3) is 0.455. The van der Waals surface area contributed by atoms with Crippen LogP contribution in [0, 0.1) is 21.7 Å². The third-order valence-corrected chi connectivity index (χ3v) is 57.9. The molecule has 0 heterocycles. The summed E-state index contributed by atoms with van der Waals surface area (Å²) in [5.41, 5.74) is -2.33. The van der Waals surface area contributed by atoms with Crippen LogP contribution in [0.3, 0.4) is 0 Å². The first-order valence-corrected chi connectivity index (χ1v) is 32.5. The predicted molar refractivity (Wildman–Crippen MR) is 250 cm³/mol. The fourth-order valence-electron chi connectivity index (χ4n) is 7.09. The Hall–Kier alpha value is -1.39. The summed E-state index contributed by atoms with van der Waals surface area (Å²) in [6, 6.07) is 33.9. The average Bonchev–Trinajstić information content (AvgIpc) is 3.13. The molecule has 350 valence electrons. The van der Waals surface area contributed by atoms with Crippen LogP contribution in [0.2, 0.25) is 0 Å². The number of hydrogen-bond acceptors (Lipinski definition) is 12. The Morgan fingerprint density at radius 2 is 0.459 bits per heavy atom. The Morgan fingerprint density at radius 3 is 0.590 bits per heavy atom. The van der Waals surface area contributed by atoms with E-state index in [9.17, 15) is 39.1 Å². The Labute approximate surface area is 365 Å². The van der Waals surface area contributed by atoms with Gasteiger partial charge in [-0.05, 0) is 0 Å². The molecule has 0 spiro atoms. The molecule has 61 heavy (non-hydrogen) atoms. The zero-order valence-corrected chi connectivity index (χ0v) is 42.4. The van der Waals surface area contributed by atoms with Gasteiger partial charge in [0.2, 0.25) is 0 Å². The molecule has 0 saturated heterocycles. The summed E-state index contributed by atoms with van der Waals surface area (Å²) >= 11 is 0. The molecule has 4 rings (SSSR count). The van der Waals surface area contributed by atoms with Crippen LogP contribution in [0.1, 0.15) is 130 Å². The summed E-state index contributed by atoms with van der Waals surface area (Å²) in [4.78, 5) is 106. The van der Waals surface area contributed by atoms with E-state index in [0.717, 1.165) is 0 Å². The molecular formula is C44H72NiO12P4. The summed E-state index contributed by atoms with van der Waals surface area (Å²) in [6.45, 7) is -5.19. The van der Waals surface area contributed by atoms with E-state index in [0.29, 0.717) is 22.3 Å². The first kappa shape index (κ1) is 52.2. The molecule has 4 aromatic carbocycles.